The summed E-state index contributed by atoms with van der Waals surface area (Å²) in [6, 6.07) is 16.4. The third-order valence-electron chi connectivity index (χ3n) is 3.45. The summed E-state index contributed by atoms with van der Waals surface area (Å²) in [7, 11) is 0. The first-order valence-corrected chi connectivity index (χ1v) is 7.11. The summed E-state index contributed by atoms with van der Waals surface area (Å²) in [5.41, 5.74) is 9.82. The Morgan fingerprint density at radius 1 is 1.00 bits per heavy atom. The molecule has 2 rings (SSSR count). The third kappa shape index (κ3) is 3.84. The maximum atomic E-state index is 6.18. The lowest BCUT2D eigenvalue weighted by Gasteiger charge is -2.15. The number of hydrogen-bond donors (Lipinski definition) is 1. The summed E-state index contributed by atoms with van der Waals surface area (Å²) in [5.74, 6) is 1.42. The lowest BCUT2D eigenvalue weighted by atomic mass is 9.99. The Balaban J connectivity index is 1.96. The normalized spacial score (nSPS) is 12.4. The summed E-state index contributed by atoms with van der Waals surface area (Å²) in [4.78, 5) is 0. The first-order valence-electron chi connectivity index (χ1n) is 7.11. The minimum Gasteiger partial charge on any atom is -0.492 e. The molecule has 0 saturated carbocycles. The Labute approximate surface area is 121 Å². The minimum absolute atomic E-state index is 0.100. The second-order valence-electron chi connectivity index (χ2n) is 5.56. The fourth-order valence-electron chi connectivity index (χ4n) is 2.12. The predicted octanol–water partition coefficient (Wildman–Crippen LogP) is 4.20. The van der Waals surface area contributed by atoms with Gasteiger partial charge in [-0.25, -0.2) is 0 Å². The topological polar surface area (TPSA) is 35.2 Å². The molecule has 2 heteroatoms. The lowest BCUT2D eigenvalue weighted by molar-refractivity contribution is 0.290. The van der Waals surface area contributed by atoms with E-state index in [9.17, 15) is 0 Å². The molecule has 0 saturated heterocycles. The highest BCUT2D eigenvalue weighted by atomic mass is 16.5. The van der Waals surface area contributed by atoms with Crippen molar-refractivity contribution in [3.63, 3.8) is 0 Å². The molecule has 2 nitrogen and oxygen atoms in total. The van der Waals surface area contributed by atoms with Gasteiger partial charge in [-0.05, 0) is 41.7 Å². The van der Waals surface area contributed by atoms with Gasteiger partial charge < -0.3 is 10.5 Å². The molecule has 106 valence electrons. The molecular weight excluding hydrogens is 246 g/mol. The summed E-state index contributed by atoms with van der Waals surface area (Å²) < 4.78 is 5.76. The van der Waals surface area contributed by atoms with Crippen molar-refractivity contribution in [1.29, 1.82) is 0 Å². The van der Waals surface area contributed by atoms with Gasteiger partial charge in [-0.1, -0.05) is 50.2 Å². The lowest BCUT2D eigenvalue weighted by Crippen LogP contribution is -2.19. The molecule has 2 aromatic carbocycles. The van der Waals surface area contributed by atoms with Crippen LogP contribution in [0.3, 0.4) is 0 Å². The van der Waals surface area contributed by atoms with Crippen molar-refractivity contribution in [2.24, 2.45) is 5.73 Å². The molecule has 0 aliphatic heterocycles. The summed E-state index contributed by atoms with van der Waals surface area (Å²) in [6.07, 6.45) is 0. The smallest absolute Gasteiger partial charge is 0.119 e. The van der Waals surface area contributed by atoms with Gasteiger partial charge in [-0.15, -0.1) is 0 Å². The van der Waals surface area contributed by atoms with Gasteiger partial charge in [-0.2, -0.15) is 0 Å². The average molecular weight is 269 g/mol. The van der Waals surface area contributed by atoms with Crippen LogP contribution in [-0.4, -0.2) is 6.61 Å². The van der Waals surface area contributed by atoms with E-state index in [1.807, 2.05) is 18.2 Å². The van der Waals surface area contributed by atoms with Gasteiger partial charge in [-0.3, -0.25) is 0 Å². The molecule has 2 aromatic rings. The molecule has 0 spiro atoms. The number of benzene rings is 2. The predicted molar refractivity (Wildman–Crippen MR) is 84.1 cm³/mol. The molecule has 0 fully saturated rings. The molecule has 20 heavy (non-hydrogen) atoms. The number of hydrogen-bond acceptors (Lipinski definition) is 2. The maximum Gasteiger partial charge on any atom is 0.119 e. The van der Waals surface area contributed by atoms with Crippen LogP contribution in [0.2, 0.25) is 0 Å². The molecule has 0 heterocycles. The molecule has 0 radical (unpaired) electrons. The Hall–Kier alpha value is -1.80. The van der Waals surface area contributed by atoms with Crippen LogP contribution in [0, 0.1) is 6.92 Å². The first-order chi connectivity index (χ1) is 9.56. The van der Waals surface area contributed by atoms with Gasteiger partial charge in [0.25, 0.3) is 0 Å². The first kappa shape index (κ1) is 14.6. The highest BCUT2D eigenvalue weighted by Crippen LogP contribution is 2.19. The van der Waals surface area contributed by atoms with Crippen LogP contribution in [0.25, 0.3) is 0 Å². The minimum atomic E-state index is -0.100. The number of ether oxygens (including phenoxy) is 1. The van der Waals surface area contributed by atoms with Crippen LogP contribution in [0.15, 0.2) is 48.5 Å². The van der Waals surface area contributed by atoms with Crippen molar-refractivity contribution in [2.75, 3.05) is 6.61 Å². The van der Waals surface area contributed by atoms with E-state index < -0.39 is 0 Å². The molecule has 0 amide bonds. The molecule has 1 unspecified atom stereocenters. The quantitative estimate of drug-likeness (QED) is 0.883. The fraction of sp³-hybridized carbons (Fsp3) is 0.333. The summed E-state index contributed by atoms with van der Waals surface area (Å²) in [5, 5.41) is 0. The fourth-order valence-corrected chi connectivity index (χ4v) is 2.12. The van der Waals surface area contributed by atoms with Crippen molar-refractivity contribution in [1.82, 2.24) is 0 Å². The third-order valence-corrected chi connectivity index (χ3v) is 3.45. The Morgan fingerprint density at radius 3 is 2.25 bits per heavy atom. The van der Waals surface area contributed by atoms with Gasteiger partial charge in [0.1, 0.15) is 12.4 Å². The van der Waals surface area contributed by atoms with Gasteiger partial charge >= 0.3 is 0 Å². The van der Waals surface area contributed by atoms with E-state index in [0.717, 1.165) is 11.3 Å². The zero-order chi connectivity index (χ0) is 14.5. The Kier molecular flexibility index (Phi) is 4.80. The molecular formula is C18H23NO. The number of nitrogens with two attached hydrogens (primary N) is 1. The molecule has 0 bridgehead atoms. The standard InChI is InChI=1S/C18H23NO/c1-13(2)15-7-9-16(10-8-15)18(19)12-20-17-6-4-5-14(3)11-17/h4-11,13,18H,12,19H2,1-3H3. The Bertz CT molecular complexity index is 546. The van der Waals surface area contributed by atoms with Gasteiger partial charge in [0.05, 0.1) is 6.04 Å². The number of rotatable bonds is 5. The maximum absolute atomic E-state index is 6.18. The van der Waals surface area contributed by atoms with Gasteiger partial charge in [0.2, 0.25) is 0 Å². The van der Waals surface area contributed by atoms with Gasteiger partial charge in [0.15, 0.2) is 0 Å². The van der Waals surface area contributed by atoms with Crippen LogP contribution in [-0.2, 0) is 0 Å². The number of aryl methyl sites for hydroxylation is 1. The highest BCUT2D eigenvalue weighted by Gasteiger charge is 2.08. The highest BCUT2D eigenvalue weighted by molar-refractivity contribution is 5.29. The van der Waals surface area contributed by atoms with Crippen molar-refractivity contribution in [2.45, 2.75) is 32.7 Å². The molecule has 0 aliphatic carbocycles. The van der Waals surface area contributed by atoms with E-state index in [-0.39, 0.29) is 6.04 Å². The van der Waals surface area contributed by atoms with E-state index in [1.54, 1.807) is 0 Å². The second-order valence-corrected chi connectivity index (χ2v) is 5.56. The Morgan fingerprint density at radius 2 is 1.65 bits per heavy atom. The van der Waals surface area contributed by atoms with Crippen molar-refractivity contribution in [3.8, 4) is 5.75 Å². The SMILES string of the molecule is Cc1cccc(OCC(N)c2ccc(C(C)C)cc2)c1. The zero-order valence-electron chi connectivity index (χ0n) is 12.5. The van der Waals surface area contributed by atoms with Crippen LogP contribution < -0.4 is 10.5 Å². The van der Waals surface area contributed by atoms with Crippen LogP contribution in [0.4, 0.5) is 0 Å². The van der Waals surface area contributed by atoms with Crippen LogP contribution >= 0.6 is 0 Å². The van der Waals surface area contributed by atoms with Gasteiger partial charge in [0, 0.05) is 0 Å². The van der Waals surface area contributed by atoms with E-state index in [4.69, 9.17) is 10.5 Å². The van der Waals surface area contributed by atoms with Crippen molar-refractivity contribution >= 4 is 0 Å². The van der Waals surface area contributed by atoms with Crippen molar-refractivity contribution < 1.29 is 4.74 Å². The van der Waals surface area contributed by atoms with E-state index in [0.29, 0.717) is 12.5 Å². The van der Waals surface area contributed by atoms with Crippen LogP contribution in [0.5, 0.6) is 5.75 Å². The largest absolute Gasteiger partial charge is 0.492 e. The van der Waals surface area contributed by atoms with E-state index >= 15 is 0 Å². The van der Waals surface area contributed by atoms with E-state index in [2.05, 4.69) is 51.1 Å². The molecule has 0 aromatic heterocycles. The van der Waals surface area contributed by atoms with Crippen molar-refractivity contribution in [3.05, 3.63) is 65.2 Å². The summed E-state index contributed by atoms with van der Waals surface area (Å²) in [6.45, 7) is 6.92. The summed E-state index contributed by atoms with van der Waals surface area (Å²) >= 11 is 0. The molecule has 2 N–H and O–H groups in total. The van der Waals surface area contributed by atoms with E-state index in [1.165, 1.54) is 11.1 Å². The molecule has 1 atom stereocenters. The zero-order valence-corrected chi connectivity index (χ0v) is 12.5. The molecule has 0 aliphatic rings. The second kappa shape index (κ2) is 6.58. The average Bonchev–Trinajstić information content (AvgIpc) is 2.45. The monoisotopic (exact) mass is 269 g/mol. The van der Waals surface area contributed by atoms with Crippen LogP contribution in [0.1, 0.15) is 42.5 Å².